The Balaban J connectivity index is 0.000000612. The van der Waals surface area contributed by atoms with Crippen LogP contribution < -0.4 is 4.90 Å². The molecule has 4 aromatic carbocycles. The van der Waals surface area contributed by atoms with Crippen molar-refractivity contribution in [2.24, 2.45) is 0 Å². The second-order valence-electron chi connectivity index (χ2n) is 8.35. The lowest BCUT2D eigenvalue weighted by Gasteiger charge is -2.40. The van der Waals surface area contributed by atoms with Crippen LogP contribution in [0.2, 0.25) is 0 Å². The molecule has 0 aliphatic carbocycles. The van der Waals surface area contributed by atoms with Gasteiger partial charge in [0.1, 0.15) is 0 Å². The highest BCUT2D eigenvalue weighted by atomic mass is 32.2. The van der Waals surface area contributed by atoms with E-state index in [4.69, 9.17) is 0 Å². The molecule has 3 nitrogen and oxygen atoms in total. The molecule has 0 saturated carbocycles. The van der Waals surface area contributed by atoms with Gasteiger partial charge < -0.3 is 4.90 Å². The summed E-state index contributed by atoms with van der Waals surface area (Å²) in [5.74, 6) is 0. The van der Waals surface area contributed by atoms with Crippen LogP contribution >= 0.6 is 0 Å². The number of anilines is 2. The van der Waals surface area contributed by atoms with Crippen LogP contribution in [0.5, 0.6) is 0 Å². The molecule has 1 aliphatic rings. The fourth-order valence-electron chi connectivity index (χ4n) is 4.20. The van der Waals surface area contributed by atoms with E-state index in [9.17, 15) is 8.42 Å². The van der Waals surface area contributed by atoms with Gasteiger partial charge in [-0.05, 0) is 47.5 Å². The number of nitrogens with zero attached hydrogens (tertiary/aromatic N) is 1. The number of para-hydroxylation sites is 2. The molecule has 0 fully saturated rings. The molecule has 4 aromatic rings. The van der Waals surface area contributed by atoms with Crippen molar-refractivity contribution in [3.63, 3.8) is 0 Å². The smallest absolute Gasteiger partial charge is 0.206 e. The molecular weight excluding hydrogens is 498 g/mol. The molecule has 0 bridgehead atoms. The van der Waals surface area contributed by atoms with Crippen molar-refractivity contribution in [1.29, 1.82) is 0 Å². The van der Waals surface area contributed by atoms with Crippen LogP contribution in [0.3, 0.4) is 0 Å². The van der Waals surface area contributed by atoms with Crippen LogP contribution in [0.4, 0.5) is 11.4 Å². The van der Waals surface area contributed by atoms with Crippen molar-refractivity contribution in [2.45, 2.75) is 78.0 Å². The number of hydrogen-bond acceptors (Lipinski definition) is 3. The summed E-state index contributed by atoms with van der Waals surface area (Å²) < 4.78 is 24.1. The highest BCUT2D eigenvalue weighted by Gasteiger charge is 2.34. The minimum absolute atomic E-state index is 0. The molecule has 0 N–H and O–H groups in total. The van der Waals surface area contributed by atoms with Gasteiger partial charge in [0.15, 0.2) is 0 Å². The Labute approximate surface area is 239 Å². The second kappa shape index (κ2) is 17.3. The molecule has 5 rings (SSSR count). The van der Waals surface area contributed by atoms with Gasteiger partial charge in [0.25, 0.3) is 0 Å². The monoisotopic (exact) mass is 547 g/mol. The van der Waals surface area contributed by atoms with Crippen molar-refractivity contribution < 1.29 is 8.42 Å². The first kappa shape index (κ1) is 35.6. The predicted molar refractivity (Wildman–Crippen MR) is 172 cm³/mol. The largest absolute Gasteiger partial charge is 0.344 e. The van der Waals surface area contributed by atoms with Crippen LogP contribution in [0.15, 0.2) is 119 Å². The zero-order chi connectivity index (χ0) is 28.8. The van der Waals surface area contributed by atoms with Crippen LogP contribution in [-0.2, 0) is 15.3 Å². The fourth-order valence-corrected chi connectivity index (χ4v) is 5.50. The van der Waals surface area contributed by atoms with Gasteiger partial charge in [-0.1, -0.05) is 136 Å². The first-order chi connectivity index (χ1) is 18.3. The summed E-state index contributed by atoms with van der Waals surface area (Å²) in [6.07, 6.45) is 0. The van der Waals surface area contributed by atoms with Crippen molar-refractivity contribution in [2.75, 3.05) is 11.9 Å². The van der Waals surface area contributed by atoms with Crippen molar-refractivity contribution in [3.05, 3.63) is 120 Å². The average molecular weight is 548 g/mol. The number of benzene rings is 4. The lowest BCUT2D eigenvalue weighted by molar-refractivity contribution is 0.596. The van der Waals surface area contributed by atoms with Gasteiger partial charge in [-0.25, -0.2) is 8.42 Å². The van der Waals surface area contributed by atoms with Gasteiger partial charge in [0.2, 0.25) is 9.84 Å². The van der Waals surface area contributed by atoms with Gasteiger partial charge in [-0.15, -0.1) is 0 Å². The molecule has 1 heterocycles. The zero-order valence-corrected chi connectivity index (χ0v) is 25.4. The van der Waals surface area contributed by atoms with Gasteiger partial charge in [0.05, 0.1) is 9.79 Å². The van der Waals surface area contributed by atoms with Gasteiger partial charge in [-0.3, -0.25) is 0 Å². The molecule has 39 heavy (non-hydrogen) atoms. The molecular formula is C35H49NO2S. The molecule has 4 heteroatoms. The molecule has 1 aliphatic heterocycles. The molecule has 0 saturated heterocycles. The molecule has 0 aromatic heterocycles. The number of rotatable bonds is 2. The molecule has 0 spiro atoms. The Bertz CT molecular complexity index is 1220. The minimum atomic E-state index is -3.34. The first-order valence-electron chi connectivity index (χ1n) is 13.6. The number of sulfone groups is 1. The maximum atomic E-state index is 12.0. The molecule has 0 unspecified atom stereocenters. The van der Waals surface area contributed by atoms with Crippen molar-refractivity contribution in [3.8, 4) is 0 Å². The van der Waals surface area contributed by atoms with Crippen molar-refractivity contribution >= 4 is 21.2 Å². The molecule has 0 atom stereocenters. The van der Waals surface area contributed by atoms with Crippen LogP contribution in [-0.4, -0.2) is 15.5 Å². The number of fused-ring (bicyclic) bond motifs is 2. The number of hydrogen-bond donors (Lipinski definition) is 0. The summed E-state index contributed by atoms with van der Waals surface area (Å²) >= 11 is 0. The third-order valence-electron chi connectivity index (χ3n) is 5.98. The average Bonchev–Trinajstić information content (AvgIpc) is 3.00. The Morgan fingerprint density at radius 3 is 1.13 bits per heavy atom. The van der Waals surface area contributed by atoms with E-state index in [2.05, 4.69) is 74.3 Å². The first-order valence-corrected chi connectivity index (χ1v) is 15.1. The zero-order valence-electron chi connectivity index (χ0n) is 24.6. The van der Waals surface area contributed by atoms with E-state index in [1.807, 2.05) is 41.5 Å². The Morgan fingerprint density at radius 1 is 0.513 bits per heavy atom. The third-order valence-corrected chi connectivity index (χ3v) is 7.77. The standard InChI is InChI=1S/C16H17N.C12H10O2S.3C2H6.CH4/c1-16(2)12-8-4-6-10-14(12)17(3)15-11-7-5-9-13(15)16;13-15(14,11-7-3-1-4-8-11)12-9-5-2-6-10-12;3*1-2;/h4-11H,1-3H3;1-10H;3*1-2H3;1H4. The highest BCUT2D eigenvalue weighted by Crippen LogP contribution is 2.47. The maximum absolute atomic E-state index is 12.0. The summed E-state index contributed by atoms with van der Waals surface area (Å²) in [6, 6.07) is 34.2. The van der Waals surface area contributed by atoms with E-state index in [0.717, 1.165) is 0 Å². The summed E-state index contributed by atoms with van der Waals surface area (Å²) in [6.45, 7) is 16.6. The topological polar surface area (TPSA) is 37.4 Å². The van der Waals surface area contributed by atoms with E-state index >= 15 is 0 Å². The summed E-state index contributed by atoms with van der Waals surface area (Å²) in [5.41, 5.74) is 5.52. The summed E-state index contributed by atoms with van der Waals surface area (Å²) in [7, 11) is -1.19. The van der Waals surface area contributed by atoms with Crippen LogP contribution in [0, 0.1) is 0 Å². The van der Waals surface area contributed by atoms with Gasteiger partial charge in [0, 0.05) is 23.8 Å². The van der Waals surface area contributed by atoms with E-state index in [-0.39, 0.29) is 12.8 Å². The van der Waals surface area contributed by atoms with Gasteiger partial charge in [-0.2, -0.15) is 0 Å². The minimum Gasteiger partial charge on any atom is -0.344 e. The van der Waals surface area contributed by atoms with Crippen LogP contribution in [0.1, 0.15) is 73.9 Å². The van der Waals surface area contributed by atoms with E-state index in [1.54, 1.807) is 60.7 Å². The van der Waals surface area contributed by atoms with Crippen molar-refractivity contribution in [1.82, 2.24) is 0 Å². The predicted octanol–water partition coefficient (Wildman–Crippen LogP) is 10.3. The molecule has 0 radical (unpaired) electrons. The quantitative estimate of drug-likeness (QED) is 0.250. The third kappa shape index (κ3) is 8.31. The lowest BCUT2D eigenvalue weighted by atomic mass is 9.74. The summed E-state index contributed by atoms with van der Waals surface area (Å²) in [4.78, 5) is 2.95. The second-order valence-corrected chi connectivity index (χ2v) is 10.3. The highest BCUT2D eigenvalue weighted by molar-refractivity contribution is 7.91. The maximum Gasteiger partial charge on any atom is 0.206 e. The molecule has 212 valence electrons. The fraction of sp³-hybridized carbons (Fsp3) is 0.314. The Hall–Kier alpha value is -3.37. The molecule has 0 amide bonds. The Morgan fingerprint density at radius 2 is 0.795 bits per heavy atom. The Kier molecular flexibility index (Phi) is 15.8. The normalized spacial score (nSPS) is 11.9. The summed E-state index contributed by atoms with van der Waals surface area (Å²) in [5, 5.41) is 0. The lowest BCUT2D eigenvalue weighted by Crippen LogP contribution is -2.30. The van der Waals surface area contributed by atoms with E-state index < -0.39 is 9.84 Å². The van der Waals surface area contributed by atoms with Gasteiger partial charge >= 0.3 is 0 Å². The SMILES string of the molecule is C.CC.CC.CC.CN1c2ccccc2C(C)(C)c2ccccc21.O=S(=O)(c1ccccc1)c1ccccc1. The van der Waals surface area contributed by atoms with E-state index in [0.29, 0.717) is 9.79 Å². The van der Waals surface area contributed by atoms with E-state index in [1.165, 1.54) is 22.5 Å². The van der Waals surface area contributed by atoms with Crippen LogP contribution in [0.25, 0.3) is 0 Å².